The Labute approximate surface area is 150 Å². The third-order valence-electron chi connectivity index (χ3n) is 3.52. The summed E-state index contributed by atoms with van der Waals surface area (Å²) in [5, 5.41) is 4.48. The third kappa shape index (κ3) is 4.07. The van der Waals surface area contributed by atoms with Crippen LogP contribution in [0.4, 0.5) is 17.6 Å². The lowest BCUT2D eigenvalue weighted by molar-refractivity contribution is -0.141. The lowest BCUT2D eigenvalue weighted by Gasteiger charge is -2.29. The molecule has 27 heavy (non-hydrogen) atoms. The number of benzene rings is 1. The van der Waals surface area contributed by atoms with Crippen LogP contribution in [0, 0.1) is 5.82 Å². The second-order valence-corrected chi connectivity index (χ2v) is 5.42. The van der Waals surface area contributed by atoms with Crippen molar-refractivity contribution in [1.29, 1.82) is 0 Å². The van der Waals surface area contributed by atoms with Crippen LogP contribution in [0.15, 0.2) is 47.7 Å². The molecule has 0 fully saturated rings. The highest BCUT2D eigenvalue weighted by Gasteiger charge is 2.35. The van der Waals surface area contributed by atoms with E-state index >= 15 is 0 Å². The maximum atomic E-state index is 13.7. The SMILES string of the molecule is Cn1nc(C(F)(F)F)cc1OC1C=NC=CN1NC(=O)c1ccccc1F. The van der Waals surface area contributed by atoms with E-state index in [2.05, 4.69) is 15.5 Å². The Morgan fingerprint density at radius 1 is 1.30 bits per heavy atom. The standard InChI is InChI=1S/C16H13F4N5O2/c1-24-13(8-12(22-24)16(18,19)20)27-14-9-21-6-7-25(14)23-15(26)10-4-2-3-5-11(10)17/h2-9,14H,1H3,(H,23,26). The zero-order chi connectivity index (χ0) is 19.6. The molecule has 1 aliphatic heterocycles. The molecule has 2 heterocycles. The number of aryl methyl sites for hydroxylation is 1. The summed E-state index contributed by atoms with van der Waals surface area (Å²) in [6.45, 7) is 0. The minimum atomic E-state index is -4.63. The number of hydrazine groups is 1. The largest absolute Gasteiger partial charge is 0.447 e. The van der Waals surface area contributed by atoms with Crippen molar-refractivity contribution in [3.63, 3.8) is 0 Å². The van der Waals surface area contributed by atoms with Crippen LogP contribution in [0.3, 0.4) is 0 Å². The highest BCUT2D eigenvalue weighted by molar-refractivity contribution is 5.94. The quantitative estimate of drug-likeness (QED) is 0.824. The van der Waals surface area contributed by atoms with E-state index in [-0.39, 0.29) is 11.4 Å². The normalized spacial score (nSPS) is 16.5. The number of hydrogen-bond acceptors (Lipinski definition) is 5. The van der Waals surface area contributed by atoms with Gasteiger partial charge in [0.15, 0.2) is 5.69 Å². The van der Waals surface area contributed by atoms with Gasteiger partial charge < -0.3 is 4.74 Å². The van der Waals surface area contributed by atoms with E-state index in [1.54, 1.807) is 0 Å². The van der Waals surface area contributed by atoms with E-state index in [1.807, 2.05) is 0 Å². The number of amides is 1. The monoisotopic (exact) mass is 383 g/mol. The van der Waals surface area contributed by atoms with Crippen molar-refractivity contribution >= 4 is 12.1 Å². The van der Waals surface area contributed by atoms with Crippen LogP contribution >= 0.6 is 0 Å². The van der Waals surface area contributed by atoms with Gasteiger partial charge in [-0.2, -0.15) is 18.3 Å². The maximum Gasteiger partial charge on any atom is 0.435 e. The predicted octanol–water partition coefficient (Wildman–Crippen LogP) is 2.49. The Balaban J connectivity index is 1.76. The molecule has 3 rings (SSSR count). The summed E-state index contributed by atoms with van der Waals surface area (Å²) in [5.41, 5.74) is 1.08. The summed E-state index contributed by atoms with van der Waals surface area (Å²) in [6, 6.07) is 6.08. The van der Waals surface area contributed by atoms with Crippen LogP contribution in [-0.2, 0) is 13.2 Å². The summed E-state index contributed by atoms with van der Waals surface area (Å²) < 4.78 is 58.4. The van der Waals surface area contributed by atoms with Crippen molar-refractivity contribution in [2.45, 2.75) is 12.4 Å². The molecule has 1 amide bonds. The van der Waals surface area contributed by atoms with Gasteiger partial charge in [-0.05, 0) is 12.1 Å². The fourth-order valence-electron chi connectivity index (χ4n) is 2.22. The second-order valence-electron chi connectivity index (χ2n) is 5.42. The summed E-state index contributed by atoms with van der Waals surface area (Å²) in [6.07, 6.45) is -1.79. The molecular weight excluding hydrogens is 370 g/mol. The first-order valence-corrected chi connectivity index (χ1v) is 7.57. The van der Waals surface area contributed by atoms with Crippen molar-refractivity contribution in [2.24, 2.45) is 12.0 Å². The van der Waals surface area contributed by atoms with Gasteiger partial charge in [-0.25, -0.2) is 14.1 Å². The molecule has 0 saturated heterocycles. The van der Waals surface area contributed by atoms with E-state index in [0.29, 0.717) is 0 Å². The zero-order valence-corrected chi connectivity index (χ0v) is 13.8. The fraction of sp³-hybridized carbons (Fsp3) is 0.188. The molecule has 0 spiro atoms. The molecular formula is C16H13F4N5O2. The number of nitrogens with zero attached hydrogens (tertiary/aromatic N) is 4. The second kappa shape index (κ2) is 7.09. The van der Waals surface area contributed by atoms with Crippen LogP contribution in [0.25, 0.3) is 0 Å². The molecule has 0 saturated carbocycles. The van der Waals surface area contributed by atoms with Crippen molar-refractivity contribution in [2.75, 3.05) is 0 Å². The molecule has 1 aliphatic rings. The molecule has 1 atom stereocenters. The Morgan fingerprint density at radius 3 is 2.70 bits per heavy atom. The number of carbonyl (C=O) groups is 1. The van der Waals surface area contributed by atoms with E-state index in [4.69, 9.17) is 4.74 Å². The summed E-state index contributed by atoms with van der Waals surface area (Å²) in [7, 11) is 1.28. The van der Waals surface area contributed by atoms with Crippen molar-refractivity contribution < 1.29 is 27.1 Å². The number of ether oxygens (including phenoxy) is 1. The van der Waals surface area contributed by atoms with Gasteiger partial charge in [-0.1, -0.05) is 12.1 Å². The average Bonchev–Trinajstić information content (AvgIpc) is 2.98. The number of carbonyl (C=O) groups excluding carboxylic acids is 1. The number of halogens is 4. The van der Waals surface area contributed by atoms with Crippen LogP contribution in [-0.4, -0.2) is 33.1 Å². The summed E-state index contributed by atoms with van der Waals surface area (Å²) >= 11 is 0. The average molecular weight is 383 g/mol. The highest BCUT2D eigenvalue weighted by atomic mass is 19.4. The number of aromatic nitrogens is 2. The van der Waals surface area contributed by atoms with Crippen molar-refractivity contribution in [3.05, 3.63) is 59.8 Å². The topological polar surface area (TPSA) is 71.8 Å². The first-order chi connectivity index (χ1) is 12.8. The molecule has 2 aromatic rings. The summed E-state index contributed by atoms with van der Waals surface area (Å²) in [4.78, 5) is 16.1. The van der Waals surface area contributed by atoms with Gasteiger partial charge in [0.05, 0.1) is 11.8 Å². The smallest absolute Gasteiger partial charge is 0.435 e. The highest BCUT2D eigenvalue weighted by Crippen LogP contribution is 2.30. The molecule has 1 N–H and O–H groups in total. The first-order valence-electron chi connectivity index (χ1n) is 7.57. The first kappa shape index (κ1) is 18.4. The van der Waals surface area contributed by atoms with Crippen LogP contribution in [0.1, 0.15) is 16.1 Å². The van der Waals surface area contributed by atoms with Gasteiger partial charge in [0, 0.05) is 25.5 Å². The van der Waals surface area contributed by atoms with Gasteiger partial charge in [0.2, 0.25) is 12.1 Å². The van der Waals surface area contributed by atoms with Crippen molar-refractivity contribution in [1.82, 2.24) is 20.2 Å². The van der Waals surface area contributed by atoms with E-state index in [0.717, 1.165) is 21.8 Å². The Kier molecular flexibility index (Phi) is 4.84. The van der Waals surface area contributed by atoms with Crippen LogP contribution in [0.2, 0.25) is 0 Å². The van der Waals surface area contributed by atoms with E-state index in [9.17, 15) is 22.4 Å². The lowest BCUT2D eigenvalue weighted by Crippen LogP contribution is -2.49. The Morgan fingerprint density at radius 2 is 2.04 bits per heavy atom. The van der Waals surface area contributed by atoms with Gasteiger partial charge in [0.1, 0.15) is 5.82 Å². The molecule has 0 radical (unpaired) electrons. The minimum absolute atomic E-state index is 0.195. The number of hydrogen-bond donors (Lipinski definition) is 1. The lowest BCUT2D eigenvalue weighted by atomic mass is 10.2. The molecule has 11 heteroatoms. The van der Waals surface area contributed by atoms with Crippen molar-refractivity contribution in [3.8, 4) is 5.88 Å². The number of aliphatic imine (C=N–C) groups is 1. The molecule has 0 aliphatic carbocycles. The van der Waals surface area contributed by atoms with Crippen LogP contribution < -0.4 is 10.2 Å². The number of rotatable bonds is 4. The zero-order valence-electron chi connectivity index (χ0n) is 13.8. The van der Waals surface area contributed by atoms with Gasteiger partial charge in [-0.3, -0.25) is 15.2 Å². The number of nitrogens with one attached hydrogen (secondary N) is 1. The number of alkyl halides is 3. The predicted molar refractivity (Wildman–Crippen MR) is 86.0 cm³/mol. The Hall–Kier alpha value is -3.37. The molecule has 1 aromatic carbocycles. The van der Waals surface area contributed by atoms with Gasteiger partial charge >= 0.3 is 6.18 Å². The Bertz CT molecular complexity index is 906. The molecule has 0 bridgehead atoms. The molecule has 7 nitrogen and oxygen atoms in total. The molecule has 1 aromatic heterocycles. The fourth-order valence-corrected chi connectivity index (χ4v) is 2.22. The maximum absolute atomic E-state index is 13.7. The van der Waals surface area contributed by atoms with Crippen LogP contribution in [0.5, 0.6) is 5.88 Å². The molecule has 1 unspecified atom stereocenters. The molecule has 142 valence electrons. The van der Waals surface area contributed by atoms with E-state index in [1.165, 1.54) is 43.9 Å². The van der Waals surface area contributed by atoms with Gasteiger partial charge in [-0.15, -0.1) is 0 Å². The third-order valence-corrected chi connectivity index (χ3v) is 3.52. The summed E-state index contributed by atoms with van der Waals surface area (Å²) in [5.74, 6) is -1.68. The van der Waals surface area contributed by atoms with E-state index < -0.39 is 29.8 Å². The minimum Gasteiger partial charge on any atom is -0.447 e. The van der Waals surface area contributed by atoms with Gasteiger partial charge in [0.25, 0.3) is 5.91 Å².